The molecule has 0 radical (unpaired) electrons. The predicted octanol–water partition coefficient (Wildman–Crippen LogP) is 4.37. The molecule has 1 nitrogen and oxygen atoms in total. The third-order valence-electron chi connectivity index (χ3n) is 3.82. The van der Waals surface area contributed by atoms with Crippen molar-refractivity contribution in [2.24, 2.45) is 11.8 Å². The van der Waals surface area contributed by atoms with Gasteiger partial charge in [0.1, 0.15) is 0 Å². The molecule has 2 rings (SSSR count). The Morgan fingerprint density at radius 3 is 2.22 bits per heavy atom. The van der Waals surface area contributed by atoms with Crippen LogP contribution in [-0.2, 0) is 0 Å². The molecule has 1 heterocycles. The lowest BCUT2D eigenvalue weighted by molar-refractivity contribution is 0.382. The standard InChI is InChI=1S/C10H21N.C7H8/c1-4-5-6-10-8-11(3)7-9(10)2;1-7-5-3-2-4-6-7/h9-10H,4-8H2,1-3H3;2-6H,1H3. The van der Waals surface area contributed by atoms with E-state index in [1.807, 2.05) is 18.2 Å². The normalized spacial score (nSPS) is 23.6. The third-order valence-corrected chi connectivity index (χ3v) is 3.82. The molecule has 2 atom stereocenters. The number of hydrogen-bond donors (Lipinski definition) is 0. The van der Waals surface area contributed by atoms with E-state index in [1.54, 1.807) is 0 Å². The summed E-state index contributed by atoms with van der Waals surface area (Å²) in [7, 11) is 2.24. The van der Waals surface area contributed by atoms with Crippen LogP contribution in [0.25, 0.3) is 0 Å². The molecule has 0 saturated carbocycles. The monoisotopic (exact) mass is 247 g/mol. The van der Waals surface area contributed by atoms with E-state index < -0.39 is 0 Å². The van der Waals surface area contributed by atoms with Crippen molar-refractivity contribution in [3.8, 4) is 0 Å². The summed E-state index contributed by atoms with van der Waals surface area (Å²) in [5, 5.41) is 0. The van der Waals surface area contributed by atoms with Crippen molar-refractivity contribution in [2.75, 3.05) is 20.1 Å². The zero-order chi connectivity index (χ0) is 13.4. The molecule has 1 heteroatoms. The summed E-state index contributed by atoms with van der Waals surface area (Å²) in [5.74, 6) is 1.92. The van der Waals surface area contributed by atoms with Crippen LogP contribution in [0.1, 0.15) is 38.7 Å². The minimum absolute atomic E-state index is 0.937. The van der Waals surface area contributed by atoms with Gasteiger partial charge in [0.25, 0.3) is 0 Å². The number of hydrogen-bond acceptors (Lipinski definition) is 1. The van der Waals surface area contributed by atoms with Gasteiger partial charge in [0.2, 0.25) is 0 Å². The number of likely N-dealkylation sites (tertiary alicyclic amines) is 1. The molecule has 102 valence electrons. The molecule has 0 spiro atoms. The van der Waals surface area contributed by atoms with Crippen molar-refractivity contribution in [1.29, 1.82) is 0 Å². The van der Waals surface area contributed by atoms with Crippen LogP contribution in [0.2, 0.25) is 0 Å². The van der Waals surface area contributed by atoms with Crippen molar-refractivity contribution in [1.82, 2.24) is 4.90 Å². The number of benzene rings is 1. The third kappa shape index (κ3) is 5.68. The Kier molecular flexibility index (Phi) is 7.04. The van der Waals surface area contributed by atoms with E-state index in [9.17, 15) is 0 Å². The average molecular weight is 247 g/mol. The van der Waals surface area contributed by atoms with Gasteiger partial charge in [-0.15, -0.1) is 0 Å². The van der Waals surface area contributed by atoms with Crippen molar-refractivity contribution in [3.05, 3.63) is 35.9 Å². The Hall–Kier alpha value is -0.820. The SMILES string of the molecule is CCCCC1CN(C)CC1C.Cc1ccccc1. The maximum absolute atomic E-state index is 2.46. The summed E-state index contributed by atoms with van der Waals surface area (Å²) >= 11 is 0. The predicted molar refractivity (Wildman–Crippen MR) is 80.9 cm³/mol. The van der Waals surface area contributed by atoms with Crippen molar-refractivity contribution in [2.45, 2.75) is 40.0 Å². The molecular weight excluding hydrogens is 218 g/mol. The van der Waals surface area contributed by atoms with Crippen LogP contribution >= 0.6 is 0 Å². The maximum Gasteiger partial charge on any atom is 0.000975 e. The highest BCUT2D eigenvalue weighted by molar-refractivity contribution is 5.11. The molecule has 1 saturated heterocycles. The van der Waals surface area contributed by atoms with E-state index >= 15 is 0 Å². The van der Waals surface area contributed by atoms with E-state index in [1.165, 1.54) is 37.9 Å². The molecule has 1 fully saturated rings. The first-order chi connectivity index (χ1) is 8.63. The molecule has 1 aliphatic rings. The molecule has 1 aliphatic heterocycles. The molecule has 0 amide bonds. The lowest BCUT2D eigenvalue weighted by Crippen LogP contribution is -2.13. The Morgan fingerprint density at radius 2 is 1.83 bits per heavy atom. The van der Waals surface area contributed by atoms with Crippen molar-refractivity contribution >= 4 is 0 Å². The summed E-state index contributed by atoms with van der Waals surface area (Å²) in [6, 6.07) is 10.3. The smallest absolute Gasteiger partial charge is 0.000975 e. The van der Waals surface area contributed by atoms with E-state index in [-0.39, 0.29) is 0 Å². The fourth-order valence-corrected chi connectivity index (χ4v) is 2.67. The second-order valence-electron chi connectivity index (χ2n) is 5.76. The fourth-order valence-electron chi connectivity index (χ4n) is 2.67. The van der Waals surface area contributed by atoms with Gasteiger partial charge in [0.15, 0.2) is 0 Å². The van der Waals surface area contributed by atoms with Gasteiger partial charge in [-0.1, -0.05) is 62.6 Å². The van der Waals surface area contributed by atoms with Gasteiger partial charge < -0.3 is 4.90 Å². The largest absolute Gasteiger partial charge is 0.306 e. The molecule has 0 aromatic heterocycles. The Morgan fingerprint density at radius 1 is 1.17 bits per heavy atom. The highest BCUT2D eigenvalue weighted by Crippen LogP contribution is 2.25. The molecule has 0 aliphatic carbocycles. The van der Waals surface area contributed by atoms with Gasteiger partial charge in [-0.2, -0.15) is 0 Å². The van der Waals surface area contributed by atoms with E-state index in [2.05, 4.69) is 44.9 Å². The number of unbranched alkanes of at least 4 members (excludes halogenated alkanes) is 1. The van der Waals surface area contributed by atoms with Gasteiger partial charge in [0.05, 0.1) is 0 Å². The van der Waals surface area contributed by atoms with Crippen LogP contribution < -0.4 is 0 Å². The zero-order valence-corrected chi connectivity index (χ0v) is 12.5. The van der Waals surface area contributed by atoms with Crippen LogP contribution in [-0.4, -0.2) is 25.0 Å². The van der Waals surface area contributed by atoms with Crippen LogP contribution in [0.15, 0.2) is 30.3 Å². The number of nitrogens with zero attached hydrogens (tertiary/aromatic N) is 1. The first kappa shape index (κ1) is 15.2. The van der Waals surface area contributed by atoms with Crippen LogP contribution in [0, 0.1) is 18.8 Å². The lowest BCUT2D eigenvalue weighted by Gasteiger charge is -2.12. The maximum atomic E-state index is 2.46. The van der Waals surface area contributed by atoms with E-state index in [0.717, 1.165) is 11.8 Å². The van der Waals surface area contributed by atoms with Crippen LogP contribution in [0.4, 0.5) is 0 Å². The van der Waals surface area contributed by atoms with Crippen molar-refractivity contribution < 1.29 is 0 Å². The summed E-state index contributed by atoms with van der Waals surface area (Å²) < 4.78 is 0. The Bertz CT molecular complexity index is 307. The van der Waals surface area contributed by atoms with E-state index in [0.29, 0.717) is 0 Å². The topological polar surface area (TPSA) is 3.24 Å². The highest BCUT2D eigenvalue weighted by Gasteiger charge is 2.25. The molecule has 18 heavy (non-hydrogen) atoms. The number of rotatable bonds is 3. The molecule has 0 N–H and O–H groups in total. The molecule has 1 aromatic carbocycles. The number of aryl methyl sites for hydroxylation is 1. The summed E-state index contributed by atoms with van der Waals surface area (Å²) in [6.45, 7) is 9.41. The van der Waals surface area contributed by atoms with Crippen LogP contribution in [0.3, 0.4) is 0 Å². The molecule has 2 unspecified atom stereocenters. The quantitative estimate of drug-likeness (QED) is 0.766. The highest BCUT2D eigenvalue weighted by atomic mass is 15.1. The second kappa shape index (κ2) is 8.31. The summed E-state index contributed by atoms with van der Waals surface area (Å²) in [4.78, 5) is 2.46. The zero-order valence-electron chi connectivity index (χ0n) is 12.5. The average Bonchev–Trinajstić information content (AvgIpc) is 2.67. The van der Waals surface area contributed by atoms with Crippen molar-refractivity contribution in [3.63, 3.8) is 0 Å². The van der Waals surface area contributed by atoms with Gasteiger partial charge in [0, 0.05) is 13.1 Å². The minimum atomic E-state index is 0.937. The molecule has 1 aromatic rings. The van der Waals surface area contributed by atoms with Crippen LogP contribution in [0.5, 0.6) is 0 Å². The van der Waals surface area contributed by atoms with Gasteiger partial charge >= 0.3 is 0 Å². The fraction of sp³-hybridized carbons (Fsp3) is 0.647. The Balaban J connectivity index is 0.000000199. The molecule has 0 bridgehead atoms. The van der Waals surface area contributed by atoms with Gasteiger partial charge in [-0.25, -0.2) is 0 Å². The van der Waals surface area contributed by atoms with Gasteiger partial charge in [-0.05, 0) is 32.2 Å². The molecular formula is C17H29N. The first-order valence-electron chi connectivity index (χ1n) is 7.33. The summed E-state index contributed by atoms with van der Waals surface area (Å²) in [5.41, 5.74) is 1.32. The Labute approximate surface area is 113 Å². The second-order valence-corrected chi connectivity index (χ2v) is 5.76. The van der Waals surface area contributed by atoms with E-state index in [4.69, 9.17) is 0 Å². The minimum Gasteiger partial charge on any atom is -0.306 e. The lowest BCUT2D eigenvalue weighted by atomic mass is 9.93. The first-order valence-corrected chi connectivity index (χ1v) is 7.33. The summed E-state index contributed by atoms with van der Waals surface area (Å²) in [6.07, 6.45) is 4.22. The van der Waals surface area contributed by atoms with Gasteiger partial charge in [-0.3, -0.25) is 0 Å².